The minimum atomic E-state index is -1.11. The molecule has 0 atom stereocenters. The van der Waals surface area contributed by atoms with Crippen LogP contribution in [0.1, 0.15) is 48.4 Å². The Morgan fingerprint density at radius 1 is 1.14 bits per heavy atom. The monoisotopic (exact) mass is 397 g/mol. The van der Waals surface area contributed by atoms with Crippen molar-refractivity contribution in [1.82, 2.24) is 0 Å². The van der Waals surface area contributed by atoms with E-state index in [1.54, 1.807) is 6.07 Å². The third kappa shape index (κ3) is 3.75. The number of ether oxygens (including phenoxy) is 1. The van der Waals surface area contributed by atoms with Crippen molar-refractivity contribution in [2.24, 2.45) is 21.5 Å². The summed E-state index contributed by atoms with van der Waals surface area (Å²) in [6.07, 6.45) is 5.02. The van der Waals surface area contributed by atoms with Gasteiger partial charge in [-0.3, -0.25) is 4.90 Å². The average molecular weight is 397 g/mol. The Kier molecular flexibility index (Phi) is 4.87. The van der Waals surface area contributed by atoms with Crippen LogP contribution in [0.2, 0.25) is 0 Å². The zero-order valence-electron chi connectivity index (χ0n) is 15.9. The van der Waals surface area contributed by atoms with Gasteiger partial charge < -0.3 is 25.7 Å². The molecule has 2 aromatic rings. The number of aromatic carboxylic acids is 1. The summed E-state index contributed by atoms with van der Waals surface area (Å²) in [5.41, 5.74) is 12.5. The molecular weight excluding hydrogens is 374 g/mol. The van der Waals surface area contributed by atoms with Crippen molar-refractivity contribution < 1.29 is 19.1 Å². The van der Waals surface area contributed by atoms with Gasteiger partial charge in [-0.25, -0.2) is 9.79 Å². The van der Waals surface area contributed by atoms with Gasteiger partial charge in [0.25, 0.3) is 0 Å². The molecular formula is C20H23N5O4. The fraction of sp³-hybridized carbons (Fsp3) is 0.350. The highest BCUT2D eigenvalue weighted by Crippen LogP contribution is 2.39. The molecule has 9 nitrogen and oxygen atoms in total. The van der Waals surface area contributed by atoms with Gasteiger partial charge in [0.05, 0.1) is 0 Å². The molecule has 29 heavy (non-hydrogen) atoms. The number of guanidine groups is 2. The summed E-state index contributed by atoms with van der Waals surface area (Å²) in [7, 11) is 0. The molecule has 5 N–H and O–H groups in total. The van der Waals surface area contributed by atoms with Crippen LogP contribution in [0.15, 0.2) is 50.8 Å². The molecule has 152 valence electrons. The minimum Gasteiger partial charge on any atom is -0.486 e. The molecule has 2 heterocycles. The van der Waals surface area contributed by atoms with Crippen LogP contribution < -0.4 is 21.1 Å². The van der Waals surface area contributed by atoms with Gasteiger partial charge in [0, 0.05) is 5.69 Å². The van der Waals surface area contributed by atoms with E-state index in [4.69, 9.17) is 25.7 Å². The number of rotatable bonds is 5. The highest BCUT2D eigenvalue weighted by atomic mass is 16.5. The highest BCUT2D eigenvalue weighted by molar-refractivity contribution is 6.05. The minimum absolute atomic E-state index is 0.114. The highest BCUT2D eigenvalue weighted by Gasteiger charge is 2.42. The van der Waals surface area contributed by atoms with Crippen LogP contribution in [-0.4, -0.2) is 28.7 Å². The topological polar surface area (TPSA) is 140 Å². The molecule has 2 aliphatic rings. The average Bonchev–Trinajstić information content (AvgIpc) is 3.17. The molecule has 9 heteroatoms. The molecule has 1 saturated carbocycles. The Balaban J connectivity index is 1.50. The van der Waals surface area contributed by atoms with Gasteiger partial charge in [0.15, 0.2) is 0 Å². The van der Waals surface area contributed by atoms with Crippen LogP contribution >= 0.6 is 0 Å². The number of benzene rings is 1. The molecule has 1 aliphatic heterocycles. The fourth-order valence-electron chi connectivity index (χ4n) is 3.91. The maximum atomic E-state index is 10.9. The van der Waals surface area contributed by atoms with Crippen LogP contribution in [-0.2, 0) is 6.61 Å². The second-order valence-corrected chi connectivity index (χ2v) is 7.17. The van der Waals surface area contributed by atoms with Crippen molar-refractivity contribution in [1.29, 1.82) is 0 Å². The first-order valence-corrected chi connectivity index (χ1v) is 9.51. The van der Waals surface area contributed by atoms with E-state index in [-0.39, 0.29) is 18.3 Å². The molecule has 0 radical (unpaired) electrons. The normalized spacial score (nSPS) is 18.3. The maximum Gasteiger partial charge on any atom is 0.371 e. The smallest absolute Gasteiger partial charge is 0.371 e. The molecule has 1 aromatic carbocycles. The van der Waals surface area contributed by atoms with Crippen molar-refractivity contribution in [2.45, 2.75) is 44.4 Å². The van der Waals surface area contributed by atoms with Gasteiger partial charge in [-0.2, -0.15) is 4.99 Å². The molecule has 1 fully saturated rings. The first kappa shape index (κ1) is 18.9. The summed E-state index contributed by atoms with van der Waals surface area (Å²) in [6.45, 7) is 0.130. The Morgan fingerprint density at radius 2 is 1.86 bits per heavy atom. The van der Waals surface area contributed by atoms with E-state index in [2.05, 4.69) is 9.98 Å². The maximum absolute atomic E-state index is 10.9. The predicted octanol–water partition coefficient (Wildman–Crippen LogP) is 2.67. The number of anilines is 1. The molecule has 0 amide bonds. The number of carboxylic acid groups (broad SMARTS) is 1. The van der Waals surface area contributed by atoms with Crippen molar-refractivity contribution in [3.05, 3.63) is 47.9 Å². The number of carboxylic acids is 1. The van der Waals surface area contributed by atoms with E-state index < -0.39 is 11.6 Å². The van der Waals surface area contributed by atoms with Crippen molar-refractivity contribution >= 4 is 23.6 Å². The first-order valence-electron chi connectivity index (χ1n) is 9.51. The summed E-state index contributed by atoms with van der Waals surface area (Å²) in [4.78, 5) is 21.7. The van der Waals surface area contributed by atoms with Crippen LogP contribution in [0.3, 0.4) is 0 Å². The fourth-order valence-corrected chi connectivity index (χ4v) is 3.91. The number of nitrogens with two attached hydrogens (primary N) is 2. The van der Waals surface area contributed by atoms with E-state index in [9.17, 15) is 4.79 Å². The lowest BCUT2D eigenvalue weighted by atomic mass is 9.87. The number of carbonyl (C=O) groups is 1. The summed E-state index contributed by atoms with van der Waals surface area (Å²) in [5, 5.41) is 8.90. The summed E-state index contributed by atoms with van der Waals surface area (Å²) < 4.78 is 10.9. The SMILES string of the molecule is NC1=NC2(CCCCC2)N(c2ccc(OCc3ccc(C(=O)O)o3)cc2)C(N)=N1. The van der Waals surface area contributed by atoms with Crippen LogP contribution in [0, 0.1) is 0 Å². The van der Waals surface area contributed by atoms with Crippen molar-refractivity contribution in [3.63, 3.8) is 0 Å². The van der Waals surface area contributed by atoms with Gasteiger partial charge in [-0.1, -0.05) is 6.42 Å². The van der Waals surface area contributed by atoms with E-state index in [1.165, 1.54) is 12.5 Å². The van der Waals surface area contributed by atoms with E-state index in [0.29, 0.717) is 17.5 Å². The Hall–Kier alpha value is -3.49. The van der Waals surface area contributed by atoms with Crippen molar-refractivity contribution in [2.75, 3.05) is 4.90 Å². The van der Waals surface area contributed by atoms with Gasteiger partial charge in [0.2, 0.25) is 17.7 Å². The Labute approximate surface area is 167 Å². The summed E-state index contributed by atoms with van der Waals surface area (Å²) >= 11 is 0. The quantitative estimate of drug-likeness (QED) is 0.704. The van der Waals surface area contributed by atoms with Crippen LogP contribution in [0.5, 0.6) is 5.75 Å². The van der Waals surface area contributed by atoms with Crippen LogP contribution in [0.25, 0.3) is 0 Å². The third-order valence-electron chi connectivity index (χ3n) is 5.20. The van der Waals surface area contributed by atoms with E-state index in [1.807, 2.05) is 29.2 Å². The molecule has 0 bridgehead atoms. The Morgan fingerprint density at radius 3 is 2.52 bits per heavy atom. The van der Waals surface area contributed by atoms with Gasteiger partial charge >= 0.3 is 5.97 Å². The largest absolute Gasteiger partial charge is 0.486 e. The van der Waals surface area contributed by atoms with Crippen LogP contribution in [0.4, 0.5) is 5.69 Å². The zero-order chi connectivity index (χ0) is 20.4. The number of aliphatic imine (C=N–C) groups is 2. The zero-order valence-corrected chi connectivity index (χ0v) is 15.9. The number of hydrogen-bond donors (Lipinski definition) is 3. The second-order valence-electron chi connectivity index (χ2n) is 7.17. The number of nitrogens with zero attached hydrogens (tertiary/aromatic N) is 3. The summed E-state index contributed by atoms with van der Waals surface area (Å²) in [6, 6.07) is 10.4. The van der Waals surface area contributed by atoms with Gasteiger partial charge in [-0.05, 0) is 62.1 Å². The van der Waals surface area contributed by atoms with Crippen molar-refractivity contribution in [3.8, 4) is 5.75 Å². The number of hydrogen-bond acceptors (Lipinski definition) is 8. The summed E-state index contributed by atoms with van der Waals surface area (Å²) in [5.74, 6) is 0.391. The lowest BCUT2D eigenvalue weighted by Gasteiger charge is -2.45. The van der Waals surface area contributed by atoms with Gasteiger partial charge in [0.1, 0.15) is 23.8 Å². The second kappa shape index (κ2) is 7.50. The van der Waals surface area contributed by atoms with E-state index in [0.717, 1.165) is 31.4 Å². The van der Waals surface area contributed by atoms with E-state index >= 15 is 0 Å². The molecule has 1 aliphatic carbocycles. The number of furan rings is 1. The molecule has 0 saturated heterocycles. The lowest BCUT2D eigenvalue weighted by Crippen LogP contribution is -2.58. The standard InChI is InChI=1S/C20H23N5O4/c21-18-23-19(22)25(20(24-18)10-2-1-3-11-20)13-4-6-14(7-5-13)28-12-15-8-9-16(29-15)17(26)27/h4-9H,1-3,10-12H2,(H,26,27)(H4,21,22,23,24). The Bertz CT molecular complexity index is 958. The molecule has 1 spiro atoms. The predicted molar refractivity (Wildman–Crippen MR) is 108 cm³/mol. The molecule has 0 unspecified atom stereocenters. The third-order valence-corrected chi connectivity index (χ3v) is 5.20. The lowest BCUT2D eigenvalue weighted by molar-refractivity contribution is 0.0658. The van der Waals surface area contributed by atoms with Gasteiger partial charge in [-0.15, -0.1) is 0 Å². The first-order chi connectivity index (χ1) is 14.0. The molecule has 1 aromatic heterocycles. The molecule has 4 rings (SSSR count).